The maximum atomic E-state index is 13.0. The first kappa shape index (κ1) is 14.9. The number of hydrogen-bond donors (Lipinski definition) is 1. The van der Waals surface area contributed by atoms with Crippen LogP contribution in [0.15, 0.2) is 24.3 Å². The van der Waals surface area contributed by atoms with Gasteiger partial charge in [0.2, 0.25) is 5.91 Å². The molecular formula is C15H20FNO3. The summed E-state index contributed by atoms with van der Waals surface area (Å²) in [5, 5.41) is 8.99. The number of carbonyl (C=O) groups is 1. The van der Waals surface area contributed by atoms with Crippen molar-refractivity contribution in [3.05, 3.63) is 35.6 Å². The van der Waals surface area contributed by atoms with Gasteiger partial charge in [0.1, 0.15) is 5.82 Å². The second-order valence-electron chi connectivity index (χ2n) is 4.91. The Bertz CT molecular complexity index is 429. The second-order valence-corrected chi connectivity index (χ2v) is 4.91. The fourth-order valence-electron chi connectivity index (χ4n) is 2.43. The average molecular weight is 281 g/mol. The van der Waals surface area contributed by atoms with Crippen LogP contribution in [-0.2, 0) is 9.53 Å². The molecule has 1 atom stereocenters. The summed E-state index contributed by atoms with van der Waals surface area (Å²) in [6.07, 6.45) is 1.12. The van der Waals surface area contributed by atoms with Crippen molar-refractivity contribution in [3.63, 3.8) is 0 Å². The summed E-state index contributed by atoms with van der Waals surface area (Å²) >= 11 is 0. The average Bonchev–Trinajstić information content (AvgIpc) is 2.50. The molecule has 0 spiro atoms. The molecule has 1 aliphatic heterocycles. The Hall–Kier alpha value is -1.46. The highest BCUT2D eigenvalue weighted by Gasteiger charge is 2.26. The van der Waals surface area contributed by atoms with E-state index in [0.29, 0.717) is 39.1 Å². The van der Waals surface area contributed by atoms with Crippen molar-refractivity contribution in [1.29, 1.82) is 0 Å². The smallest absolute Gasteiger partial charge is 0.230 e. The van der Waals surface area contributed by atoms with E-state index in [9.17, 15) is 9.18 Å². The van der Waals surface area contributed by atoms with E-state index in [4.69, 9.17) is 9.84 Å². The third-order valence-electron chi connectivity index (χ3n) is 3.54. The molecular weight excluding hydrogens is 261 g/mol. The Labute approximate surface area is 118 Å². The quantitative estimate of drug-likeness (QED) is 0.890. The Kier molecular flexibility index (Phi) is 5.49. The van der Waals surface area contributed by atoms with Crippen molar-refractivity contribution in [2.75, 3.05) is 32.9 Å². The molecule has 1 aliphatic rings. The minimum Gasteiger partial charge on any atom is -0.396 e. The van der Waals surface area contributed by atoms with Gasteiger partial charge in [-0.25, -0.2) is 4.39 Å². The van der Waals surface area contributed by atoms with E-state index in [2.05, 4.69) is 0 Å². The number of amides is 1. The maximum absolute atomic E-state index is 13.0. The summed E-state index contributed by atoms with van der Waals surface area (Å²) in [5.41, 5.74) is 0.802. The van der Waals surface area contributed by atoms with E-state index in [-0.39, 0.29) is 24.2 Å². The zero-order valence-corrected chi connectivity index (χ0v) is 11.4. The van der Waals surface area contributed by atoms with Gasteiger partial charge in [-0.05, 0) is 30.5 Å². The van der Waals surface area contributed by atoms with Gasteiger partial charge in [0.05, 0.1) is 19.1 Å². The summed E-state index contributed by atoms with van der Waals surface area (Å²) in [7, 11) is 0. The molecule has 2 rings (SSSR count). The molecule has 1 saturated heterocycles. The predicted molar refractivity (Wildman–Crippen MR) is 72.9 cm³/mol. The largest absolute Gasteiger partial charge is 0.396 e. The number of morpholine rings is 1. The molecule has 0 aliphatic carbocycles. The van der Waals surface area contributed by atoms with Gasteiger partial charge >= 0.3 is 0 Å². The number of nitrogens with zero attached hydrogens (tertiary/aromatic N) is 1. The molecule has 0 radical (unpaired) electrons. The summed E-state index contributed by atoms with van der Waals surface area (Å²) in [6, 6.07) is 6.03. The summed E-state index contributed by atoms with van der Waals surface area (Å²) in [4.78, 5) is 14.4. The lowest BCUT2D eigenvalue weighted by atomic mass is 9.92. The molecule has 1 aromatic carbocycles. The monoisotopic (exact) mass is 281 g/mol. The molecule has 1 unspecified atom stereocenters. The normalized spacial score (nSPS) is 17.0. The number of ether oxygens (including phenoxy) is 1. The van der Waals surface area contributed by atoms with E-state index < -0.39 is 0 Å². The molecule has 1 aromatic rings. The first-order valence-electron chi connectivity index (χ1n) is 6.95. The van der Waals surface area contributed by atoms with Crippen LogP contribution in [0.2, 0.25) is 0 Å². The van der Waals surface area contributed by atoms with Crippen LogP contribution in [0.5, 0.6) is 0 Å². The van der Waals surface area contributed by atoms with Crippen molar-refractivity contribution >= 4 is 5.91 Å². The number of rotatable bonds is 5. The highest BCUT2D eigenvalue weighted by Crippen LogP contribution is 2.24. The Morgan fingerprint density at radius 2 is 1.95 bits per heavy atom. The molecule has 1 fully saturated rings. The molecule has 20 heavy (non-hydrogen) atoms. The first-order chi connectivity index (χ1) is 9.72. The second kappa shape index (κ2) is 7.36. The molecule has 0 bridgehead atoms. The molecule has 1 heterocycles. The number of benzene rings is 1. The molecule has 1 N–H and O–H groups in total. The van der Waals surface area contributed by atoms with Crippen molar-refractivity contribution in [2.24, 2.45) is 0 Å². The summed E-state index contributed by atoms with van der Waals surface area (Å²) in [6.45, 7) is 2.35. The van der Waals surface area contributed by atoms with E-state index in [1.54, 1.807) is 17.0 Å². The number of aliphatic hydroxyl groups excluding tert-OH is 1. The first-order valence-corrected chi connectivity index (χ1v) is 6.95. The van der Waals surface area contributed by atoms with Crippen molar-refractivity contribution < 1.29 is 19.0 Å². The SMILES string of the molecule is O=C(C(CCCO)c1ccc(F)cc1)N1CCOCC1. The number of halogens is 1. The number of hydrogen-bond acceptors (Lipinski definition) is 3. The standard InChI is InChI=1S/C15H20FNO3/c16-13-5-3-12(4-6-13)14(2-1-9-18)15(19)17-7-10-20-11-8-17/h3-6,14,18H,1-2,7-11H2. The fourth-order valence-corrected chi connectivity index (χ4v) is 2.43. The lowest BCUT2D eigenvalue weighted by Gasteiger charge is -2.30. The molecule has 0 saturated carbocycles. The lowest BCUT2D eigenvalue weighted by molar-refractivity contribution is -0.137. The summed E-state index contributed by atoms with van der Waals surface area (Å²) in [5.74, 6) is -0.595. The molecule has 0 aromatic heterocycles. The Morgan fingerprint density at radius 1 is 1.30 bits per heavy atom. The molecule has 1 amide bonds. The van der Waals surface area contributed by atoms with Crippen LogP contribution in [-0.4, -0.2) is 48.8 Å². The van der Waals surface area contributed by atoms with Crippen LogP contribution < -0.4 is 0 Å². The molecule has 4 nitrogen and oxygen atoms in total. The van der Waals surface area contributed by atoms with Crippen LogP contribution in [0.4, 0.5) is 4.39 Å². The van der Waals surface area contributed by atoms with Crippen molar-refractivity contribution in [3.8, 4) is 0 Å². The third-order valence-corrected chi connectivity index (χ3v) is 3.54. The highest BCUT2D eigenvalue weighted by atomic mass is 19.1. The van der Waals surface area contributed by atoms with Gasteiger partial charge in [-0.3, -0.25) is 4.79 Å². The maximum Gasteiger partial charge on any atom is 0.230 e. The van der Waals surface area contributed by atoms with Crippen LogP contribution in [0.3, 0.4) is 0 Å². The van der Waals surface area contributed by atoms with Crippen molar-refractivity contribution in [1.82, 2.24) is 4.90 Å². The van der Waals surface area contributed by atoms with Crippen LogP contribution >= 0.6 is 0 Å². The number of carbonyl (C=O) groups excluding carboxylic acids is 1. The van der Waals surface area contributed by atoms with Crippen molar-refractivity contribution in [2.45, 2.75) is 18.8 Å². The van der Waals surface area contributed by atoms with E-state index in [0.717, 1.165) is 5.56 Å². The summed E-state index contributed by atoms with van der Waals surface area (Å²) < 4.78 is 18.3. The van der Waals surface area contributed by atoms with Gasteiger partial charge in [0, 0.05) is 19.7 Å². The van der Waals surface area contributed by atoms with Crippen LogP contribution in [0, 0.1) is 5.82 Å². The molecule has 110 valence electrons. The van der Waals surface area contributed by atoms with Gasteiger partial charge in [0.25, 0.3) is 0 Å². The van der Waals surface area contributed by atoms with Gasteiger partial charge in [-0.15, -0.1) is 0 Å². The van der Waals surface area contributed by atoms with E-state index >= 15 is 0 Å². The van der Waals surface area contributed by atoms with Crippen LogP contribution in [0.1, 0.15) is 24.3 Å². The highest BCUT2D eigenvalue weighted by molar-refractivity contribution is 5.83. The zero-order chi connectivity index (χ0) is 14.4. The van der Waals surface area contributed by atoms with Gasteiger partial charge in [-0.2, -0.15) is 0 Å². The predicted octanol–water partition coefficient (Wildman–Crippen LogP) is 1.54. The Morgan fingerprint density at radius 3 is 2.55 bits per heavy atom. The zero-order valence-electron chi connectivity index (χ0n) is 11.4. The van der Waals surface area contributed by atoms with E-state index in [1.165, 1.54) is 12.1 Å². The Balaban J connectivity index is 2.13. The van der Waals surface area contributed by atoms with Gasteiger partial charge < -0.3 is 14.7 Å². The fraction of sp³-hybridized carbons (Fsp3) is 0.533. The minimum atomic E-state index is -0.319. The third kappa shape index (κ3) is 3.77. The van der Waals surface area contributed by atoms with E-state index in [1.807, 2.05) is 0 Å². The minimum absolute atomic E-state index is 0.0355. The molecule has 5 heteroatoms. The van der Waals surface area contributed by atoms with Gasteiger partial charge in [0.15, 0.2) is 0 Å². The van der Waals surface area contributed by atoms with Gasteiger partial charge in [-0.1, -0.05) is 12.1 Å². The van der Waals surface area contributed by atoms with Crippen LogP contribution in [0.25, 0.3) is 0 Å². The topological polar surface area (TPSA) is 49.8 Å². The number of aliphatic hydroxyl groups is 1. The lowest BCUT2D eigenvalue weighted by Crippen LogP contribution is -2.43.